The first kappa shape index (κ1) is 34.6. The molecule has 61 heavy (non-hydrogen) atoms. The molecule has 0 unspecified atom stereocenters. The first-order valence-electron chi connectivity index (χ1n) is 20.4. The van der Waals surface area contributed by atoms with E-state index in [0.29, 0.717) is 11.1 Å². The second kappa shape index (κ2) is 13.3. The SMILES string of the molecule is N#Cc1cncc(-c2ccc(-c3cc4c(c5ccccc35)-c3c(cc(-c5ccc(-c6cncc(C#N)c6)cc5)c5ccccc35)C43c4ccccc4-c4ccccc43)cc2)c1. The van der Waals surface area contributed by atoms with Crippen LogP contribution in [0.25, 0.3) is 88.3 Å². The van der Waals surface area contributed by atoms with E-state index in [2.05, 4.69) is 180 Å². The summed E-state index contributed by atoms with van der Waals surface area (Å²) in [6, 6.07) is 66.3. The number of pyridine rings is 2. The van der Waals surface area contributed by atoms with Gasteiger partial charge >= 0.3 is 0 Å². The van der Waals surface area contributed by atoms with Gasteiger partial charge < -0.3 is 0 Å². The lowest BCUT2D eigenvalue weighted by molar-refractivity contribution is 0.795. The van der Waals surface area contributed by atoms with Crippen molar-refractivity contribution in [3.63, 3.8) is 0 Å². The molecular formula is C57H32N4. The van der Waals surface area contributed by atoms with Crippen LogP contribution in [0.15, 0.2) is 195 Å². The molecule has 0 saturated heterocycles. The van der Waals surface area contributed by atoms with Gasteiger partial charge in [-0.25, -0.2) is 0 Å². The average Bonchev–Trinajstić information content (AvgIpc) is 3.81. The van der Waals surface area contributed by atoms with E-state index in [1.54, 1.807) is 12.4 Å². The van der Waals surface area contributed by atoms with Crippen molar-refractivity contribution in [2.24, 2.45) is 0 Å². The van der Waals surface area contributed by atoms with E-state index in [0.717, 1.165) is 33.4 Å². The van der Waals surface area contributed by atoms with E-state index in [1.807, 2.05) is 24.5 Å². The van der Waals surface area contributed by atoms with Crippen LogP contribution in [-0.4, -0.2) is 9.97 Å². The number of nitriles is 2. The van der Waals surface area contributed by atoms with Crippen molar-refractivity contribution in [2.45, 2.75) is 5.41 Å². The lowest BCUT2D eigenvalue weighted by Crippen LogP contribution is -2.26. The minimum absolute atomic E-state index is 0.542. The van der Waals surface area contributed by atoms with E-state index >= 15 is 0 Å². The smallest absolute Gasteiger partial charge is 0.101 e. The maximum absolute atomic E-state index is 9.55. The third kappa shape index (κ3) is 4.97. The van der Waals surface area contributed by atoms with Crippen molar-refractivity contribution < 1.29 is 0 Å². The molecule has 10 aromatic rings. The highest BCUT2D eigenvalue weighted by Crippen LogP contribution is 2.66. The summed E-state index contributed by atoms with van der Waals surface area (Å²) in [4.78, 5) is 8.65. The maximum Gasteiger partial charge on any atom is 0.101 e. The van der Waals surface area contributed by atoms with Crippen LogP contribution in [0.3, 0.4) is 0 Å². The van der Waals surface area contributed by atoms with E-state index in [9.17, 15) is 10.5 Å². The second-order valence-electron chi connectivity index (χ2n) is 15.9. The van der Waals surface area contributed by atoms with Gasteiger partial charge in [0, 0.05) is 35.9 Å². The summed E-state index contributed by atoms with van der Waals surface area (Å²) in [5.74, 6) is 0. The first-order valence-corrected chi connectivity index (χ1v) is 20.4. The van der Waals surface area contributed by atoms with Gasteiger partial charge in [0.05, 0.1) is 16.5 Å². The Hall–Kier alpha value is -8.44. The molecule has 0 fully saturated rings. The van der Waals surface area contributed by atoms with Crippen molar-refractivity contribution in [3.05, 3.63) is 228 Å². The number of benzene rings is 8. The van der Waals surface area contributed by atoms with Gasteiger partial charge in [0.1, 0.15) is 12.1 Å². The Labute approximate surface area is 353 Å². The predicted molar refractivity (Wildman–Crippen MR) is 245 cm³/mol. The predicted octanol–water partition coefficient (Wildman–Crippen LogP) is 13.5. The van der Waals surface area contributed by atoms with Gasteiger partial charge in [-0.1, -0.05) is 146 Å². The van der Waals surface area contributed by atoms with Crippen LogP contribution >= 0.6 is 0 Å². The Balaban J connectivity index is 1.15. The summed E-state index contributed by atoms with van der Waals surface area (Å²) in [6.45, 7) is 0. The molecule has 0 bridgehead atoms. The average molecular weight is 773 g/mol. The Morgan fingerprint density at radius 2 is 0.705 bits per heavy atom. The molecule has 0 atom stereocenters. The molecule has 0 amide bonds. The summed E-state index contributed by atoms with van der Waals surface area (Å²) >= 11 is 0. The minimum Gasteiger partial charge on any atom is -0.263 e. The zero-order valence-electron chi connectivity index (χ0n) is 32.8. The quantitative estimate of drug-likeness (QED) is 0.179. The van der Waals surface area contributed by atoms with E-state index < -0.39 is 5.41 Å². The van der Waals surface area contributed by atoms with Gasteiger partial charge in [-0.2, -0.15) is 10.5 Å². The molecule has 0 N–H and O–H groups in total. The van der Waals surface area contributed by atoms with Gasteiger partial charge in [0.2, 0.25) is 0 Å². The fraction of sp³-hybridized carbons (Fsp3) is 0.0175. The topological polar surface area (TPSA) is 73.4 Å². The summed E-state index contributed by atoms with van der Waals surface area (Å²) in [7, 11) is 0. The first-order chi connectivity index (χ1) is 30.1. The summed E-state index contributed by atoms with van der Waals surface area (Å²) in [6.07, 6.45) is 6.83. The molecule has 2 heterocycles. The molecule has 0 aliphatic heterocycles. The number of nitrogens with zero attached hydrogens (tertiary/aromatic N) is 4. The van der Waals surface area contributed by atoms with Crippen LogP contribution in [0.5, 0.6) is 0 Å². The molecule has 280 valence electrons. The van der Waals surface area contributed by atoms with Gasteiger partial charge in [-0.05, 0) is 124 Å². The van der Waals surface area contributed by atoms with Crippen molar-refractivity contribution in [2.75, 3.05) is 0 Å². The molecule has 0 saturated carbocycles. The molecule has 1 spiro atoms. The summed E-state index contributed by atoms with van der Waals surface area (Å²) < 4.78 is 0. The Kier molecular flexibility index (Phi) is 7.54. The second-order valence-corrected chi connectivity index (χ2v) is 15.9. The maximum atomic E-state index is 9.55. The molecule has 12 rings (SSSR count). The van der Waals surface area contributed by atoms with E-state index in [-0.39, 0.29) is 0 Å². The van der Waals surface area contributed by atoms with Crippen LogP contribution in [0.4, 0.5) is 0 Å². The molecule has 4 nitrogen and oxygen atoms in total. The Bertz CT molecular complexity index is 3310. The number of aromatic nitrogens is 2. The zero-order valence-corrected chi connectivity index (χ0v) is 32.8. The van der Waals surface area contributed by atoms with Crippen molar-refractivity contribution in [3.8, 4) is 78.9 Å². The molecule has 4 heteroatoms. The van der Waals surface area contributed by atoms with Crippen LogP contribution in [-0.2, 0) is 5.41 Å². The normalized spacial score (nSPS) is 12.7. The molecular weight excluding hydrogens is 741 g/mol. The van der Waals surface area contributed by atoms with Crippen molar-refractivity contribution in [1.82, 2.24) is 9.97 Å². The molecule has 2 aliphatic rings. The Morgan fingerprint density at radius 1 is 0.328 bits per heavy atom. The zero-order chi connectivity index (χ0) is 40.7. The third-order valence-corrected chi connectivity index (χ3v) is 12.9. The van der Waals surface area contributed by atoms with Gasteiger partial charge in [0.15, 0.2) is 0 Å². The minimum atomic E-state index is -0.595. The monoisotopic (exact) mass is 772 g/mol. The summed E-state index contributed by atoms with van der Waals surface area (Å²) in [5, 5.41) is 23.9. The molecule has 0 radical (unpaired) electrons. The molecule has 8 aromatic carbocycles. The van der Waals surface area contributed by atoms with Gasteiger partial charge in [0.25, 0.3) is 0 Å². The Morgan fingerprint density at radius 3 is 1.13 bits per heavy atom. The third-order valence-electron chi connectivity index (χ3n) is 12.9. The largest absolute Gasteiger partial charge is 0.263 e. The fourth-order valence-electron chi connectivity index (χ4n) is 10.3. The van der Waals surface area contributed by atoms with Crippen LogP contribution in [0, 0.1) is 22.7 Å². The van der Waals surface area contributed by atoms with Gasteiger partial charge in [-0.3, -0.25) is 9.97 Å². The summed E-state index contributed by atoms with van der Waals surface area (Å²) in [5.41, 5.74) is 19.2. The van der Waals surface area contributed by atoms with Crippen molar-refractivity contribution in [1.29, 1.82) is 10.5 Å². The highest BCUT2D eigenvalue weighted by atomic mass is 14.6. The lowest BCUT2D eigenvalue weighted by atomic mass is 9.69. The highest BCUT2D eigenvalue weighted by Gasteiger charge is 2.53. The highest BCUT2D eigenvalue weighted by molar-refractivity contribution is 6.18. The number of rotatable bonds is 4. The molecule has 2 aromatic heterocycles. The number of hydrogen-bond acceptors (Lipinski definition) is 4. The van der Waals surface area contributed by atoms with E-state index in [1.165, 1.54) is 77.2 Å². The number of fused-ring (bicyclic) bond motifs is 14. The number of hydrogen-bond donors (Lipinski definition) is 0. The van der Waals surface area contributed by atoms with E-state index in [4.69, 9.17) is 0 Å². The van der Waals surface area contributed by atoms with Crippen molar-refractivity contribution >= 4 is 21.5 Å². The standard InChI is InChI=1S/C57H32N4/c58-29-35-25-41(33-60-31-35)37-17-21-39(22-18-37)49-27-53-55(47-13-3-1-9-43(47)49)56-48-14-4-2-10-44(48)50(40-23-19-38(20-24-40)42-26-36(30-59)32-61-34-42)28-54(56)57(53)51-15-7-5-11-45(51)46-12-6-8-16-52(46)57/h1-28,31-34H. The van der Waals surface area contributed by atoms with Crippen LogP contribution < -0.4 is 0 Å². The lowest BCUT2D eigenvalue weighted by Gasteiger charge is -2.31. The van der Waals surface area contributed by atoms with Crippen LogP contribution in [0.2, 0.25) is 0 Å². The van der Waals surface area contributed by atoms with Crippen LogP contribution in [0.1, 0.15) is 33.4 Å². The van der Waals surface area contributed by atoms with Gasteiger partial charge in [-0.15, -0.1) is 0 Å². The fourth-order valence-corrected chi connectivity index (χ4v) is 10.3. The molecule has 2 aliphatic carbocycles.